The van der Waals surface area contributed by atoms with Crippen LogP contribution in [-0.2, 0) is 6.54 Å². The SMILES string of the molecule is CCCn1nc(C(=O)Nc2ncccc2O)ccc1=O. The molecular weight excluding hydrogens is 260 g/mol. The molecule has 2 aromatic heterocycles. The van der Waals surface area contributed by atoms with Gasteiger partial charge in [0.2, 0.25) is 0 Å². The van der Waals surface area contributed by atoms with Gasteiger partial charge in [0.25, 0.3) is 11.5 Å². The summed E-state index contributed by atoms with van der Waals surface area (Å²) < 4.78 is 1.23. The van der Waals surface area contributed by atoms with Crippen LogP contribution in [0.1, 0.15) is 23.8 Å². The van der Waals surface area contributed by atoms with E-state index in [-0.39, 0.29) is 22.8 Å². The van der Waals surface area contributed by atoms with Gasteiger partial charge in [-0.1, -0.05) is 6.92 Å². The van der Waals surface area contributed by atoms with Gasteiger partial charge >= 0.3 is 0 Å². The highest BCUT2D eigenvalue weighted by atomic mass is 16.3. The van der Waals surface area contributed by atoms with E-state index in [1.165, 1.54) is 29.1 Å². The number of rotatable bonds is 4. The molecule has 0 aliphatic heterocycles. The van der Waals surface area contributed by atoms with Crippen molar-refractivity contribution in [1.29, 1.82) is 0 Å². The van der Waals surface area contributed by atoms with Crippen molar-refractivity contribution in [3.05, 3.63) is 46.5 Å². The maximum atomic E-state index is 12.0. The Morgan fingerprint density at radius 2 is 2.20 bits per heavy atom. The molecule has 0 unspecified atom stereocenters. The van der Waals surface area contributed by atoms with E-state index in [9.17, 15) is 14.7 Å². The molecular formula is C13H14N4O3. The zero-order valence-electron chi connectivity index (χ0n) is 10.9. The minimum Gasteiger partial charge on any atom is -0.504 e. The quantitative estimate of drug-likeness (QED) is 0.867. The van der Waals surface area contributed by atoms with Crippen molar-refractivity contribution >= 4 is 11.7 Å². The smallest absolute Gasteiger partial charge is 0.277 e. The summed E-state index contributed by atoms with van der Waals surface area (Å²) in [7, 11) is 0. The van der Waals surface area contributed by atoms with Gasteiger partial charge in [-0.2, -0.15) is 5.10 Å². The molecule has 7 heteroatoms. The highest BCUT2D eigenvalue weighted by Gasteiger charge is 2.12. The lowest BCUT2D eigenvalue weighted by Gasteiger charge is -2.07. The third kappa shape index (κ3) is 3.00. The average Bonchev–Trinajstić information content (AvgIpc) is 2.44. The predicted octanol–water partition coefficient (Wildman–Crippen LogP) is 1.01. The number of amides is 1. The third-order valence-corrected chi connectivity index (χ3v) is 2.55. The summed E-state index contributed by atoms with van der Waals surface area (Å²) in [6.07, 6.45) is 2.18. The van der Waals surface area contributed by atoms with E-state index >= 15 is 0 Å². The number of hydrogen-bond donors (Lipinski definition) is 2. The van der Waals surface area contributed by atoms with E-state index in [1.807, 2.05) is 6.92 Å². The lowest BCUT2D eigenvalue weighted by Crippen LogP contribution is -2.26. The molecule has 7 nitrogen and oxygen atoms in total. The maximum absolute atomic E-state index is 12.0. The van der Waals surface area contributed by atoms with Gasteiger partial charge in [-0.15, -0.1) is 0 Å². The van der Waals surface area contributed by atoms with Crippen LogP contribution in [0.2, 0.25) is 0 Å². The van der Waals surface area contributed by atoms with Crippen LogP contribution in [0.4, 0.5) is 5.82 Å². The second kappa shape index (κ2) is 5.96. The highest BCUT2D eigenvalue weighted by molar-refractivity contribution is 6.02. The number of carbonyl (C=O) groups is 1. The summed E-state index contributed by atoms with van der Waals surface area (Å²) in [6.45, 7) is 2.35. The Bertz CT molecular complexity index is 681. The fourth-order valence-electron chi connectivity index (χ4n) is 1.61. The fraction of sp³-hybridized carbons (Fsp3) is 0.231. The zero-order chi connectivity index (χ0) is 14.5. The first-order valence-electron chi connectivity index (χ1n) is 6.15. The number of aryl methyl sites for hydroxylation is 1. The van der Waals surface area contributed by atoms with E-state index in [2.05, 4.69) is 15.4 Å². The van der Waals surface area contributed by atoms with Gasteiger partial charge in [0.05, 0.1) is 0 Å². The van der Waals surface area contributed by atoms with Gasteiger partial charge in [0.15, 0.2) is 11.6 Å². The number of aromatic nitrogens is 3. The number of pyridine rings is 1. The molecule has 0 bridgehead atoms. The fourth-order valence-corrected chi connectivity index (χ4v) is 1.61. The van der Waals surface area contributed by atoms with Gasteiger partial charge < -0.3 is 10.4 Å². The number of anilines is 1. The average molecular weight is 274 g/mol. The maximum Gasteiger partial charge on any atom is 0.277 e. The standard InChI is InChI=1S/C13H14N4O3/c1-2-8-17-11(19)6-5-9(16-17)13(20)15-12-10(18)4-3-7-14-12/h3-7,18H,2,8H2,1H3,(H,14,15,20). The van der Waals surface area contributed by atoms with Crippen molar-refractivity contribution in [3.63, 3.8) is 0 Å². The Kier molecular flexibility index (Phi) is 4.09. The molecule has 20 heavy (non-hydrogen) atoms. The summed E-state index contributed by atoms with van der Waals surface area (Å²) in [4.78, 5) is 27.3. The Hall–Kier alpha value is -2.70. The molecule has 0 aromatic carbocycles. The lowest BCUT2D eigenvalue weighted by atomic mass is 10.3. The zero-order valence-corrected chi connectivity index (χ0v) is 10.9. The summed E-state index contributed by atoms with van der Waals surface area (Å²) >= 11 is 0. The lowest BCUT2D eigenvalue weighted by molar-refractivity contribution is 0.101. The molecule has 0 fully saturated rings. The molecule has 104 valence electrons. The molecule has 0 aliphatic rings. The van der Waals surface area contributed by atoms with Crippen LogP contribution in [0.3, 0.4) is 0 Å². The molecule has 2 N–H and O–H groups in total. The molecule has 0 saturated carbocycles. The van der Waals surface area contributed by atoms with Crippen LogP contribution in [0.15, 0.2) is 35.3 Å². The second-order valence-corrected chi connectivity index (χ2v) is 4.11. The number of nitrogens with one attached hydrogen (secondary N) is 1. The monoisotopic (exact) mass is 274 g/mol. The molecule has 1 amide bonds. The van der Waals surface area contributed by atoms with Crippen molar-refractivity contribution in [2.45, 2.75) is 19.9 Å². The van der Waals surface area contributed by atoms with Gasteiger partial charge in [0.1, 0.15) is 5.69 Å². The van der Waals surface area contributed by atoms with Crippen molar-refractivity contribution < 1.29 is 9.90 Å². The normalized spacial score (nSPS) is 10.2. The molecule has 0 radical (unpaired) electrons. The molecule has 0 saturated heterocycles. The summed E-state index contributed by atoms with van der Waals surface area (Å²) in [6, 6.07) is 5.58. The largest absolute Gasteiger partial charge is 0.504 e. The van der Waals surface area contributed by atoms with E-state index < -0.39 is 5.91 Å². The first-order chi connectivity index (χ1) is 9.61. The van der Waals surface area contributed by atoms with Crippen LogP contribution in [-0.4, -0.2) is 25.8 Å². The van der Waals surface area contributed by atoms with Crippen LogP contribution in [0.25, 0.3) is 0 Å². The molecule has 2 aromatic rings. The molecule has 0 aliphatic carbocycles. The minimum atomic E-state index is -0.538. The molecule has 0 spiro atoms. The van der Waals surface area contributed by atoms with Crippen LogP contribution in [0, 0.1) is 0 Å². The van der Waals surface area contributed by atoms with E-state index in [4.69, 9.17) is 0 Å². The van der Waals surface area contributed by atoms with Crippen molar-refractivity contribution in [2.24, 2.45) is 0 Å². The topological polar surface area (TPSA) is 97.1 Å². The van der Waals surface area contributed by atoms with Gasteiger partial charge in [-0.3, -0.25) is 9.59 Å². The molecule has 2 rings (SSSR count). The van der Waals surface area contributed by atoms with E-state index in [0.717, 1.165) is 6.42 Å². The Labute approximate surface area is 114 Å². The van der Waals surface area contributed by atoms with Crippen molar-refractivity contribution in [3.8, 4) is 5.75 Å². The van der Waals surface area contributed by atoms with E-state index in [0.29, 0.717) is 6.54 Å². The number of aromatic hydroxyl groups is 1. The number of hydrogen-bond acceptors (Lipinski definition) is 5. The second-order valence-electron chi connectivity index (χ2n) is 4.11. The van der Waals surface area contributed by atoms with Crippen molar-refractivity contribution in [1.82, 2.24) is 14.8 Å². The first kappa shape index (κ1) is 13.7. The van der Waals surface area contributed by atoms with E-state index in [1.54, 1.807) is 6.07 Å². The summed E-state index contributed by atoms with van der Waals surface area (Å²) in [5, 5.41) is 15.9. The van der Waals surface area contributed by atoms with Crippen LogP contribution < -0.4 is 10.9 Å². The van der Waals surface area contributed by atoms with Crippen LogP contribution in [0.5, 0.6) is 5.75 Å². The summed E-state index contributed by atoms with van der Waals surface area (Å²) in [5.41, 5.74) is -0.174. The first-order valence-corrected chi connectivity index (χ1v) is 6.15. The molecule has 0 atom stereocenters. The predicted molar refractivity (Wildman–Crippen MR) is 72.6 cm³/mol. The van der Waals surface area contributed by atoms with Gasteiger partial charge in [0, 0.05) is 18.8 Å². The number of nitrogens with zero attached hydrogens (tertiary/aromatic N) is 3. The molecule has 2 heterocycles. The Morgan fingerprint density at radius 3 is 2.90 bits per heavy atom. The number of carbonyl (C=O) groups excluding carboxylic acids is 1. The van der Waals surface area contributed by atoms with Gasteiger partial charge in [-0.25, -0.2) is 9.67 Å². The summed E-state index contributed by atoms with van der Waals surface area (Å²) in [5.74, 6) is -0.626. The van der Waals surface area contributed by atoms with Crippen LogP contribution >= 0.6 is 0 Å². The highest BCUT2D eigenvalue weighted by Crippen LogP contribution is 2.18. The Morgan fingerprint density at radius 1 is 1.40 bits per heavy atom. The van der Waals surface area contributed by atoms with Crippen molar-refractivity contribution in [2.75, 3.05) is 5.32 Å². The van der Waals surface area contributed by atoms with Gasteiger partial charge in [-0.05, 0) is 24.6 Å². The third-order valence-electron chi connectivity index (χ3n) is 2.55. The minimum absolute atomic E-state index is 0.0486. The Balaban J connectivity index is 2.24.